The average molecular weight is 325 g/mol. The van der Waals surface area contributed by atoms with Gasteiger partial charge in [0.25, 0.3) is 0 Å². The molecule has 0 spiro atoms. The molecule has 2 aromatic rings. The molecule has 0 aliphatic heterocycles. The number of benzene rings is 1. The van der Waals surface area contributed by atoms with Gasteiger partial charge in [-0.1, -0.05) is 17.7 Å². The fraction of sp³-hybridized carbons (Fsp3) is 0. The smallest absolute Gasteiger partial charge is 0.217 e. The van der Waals surface area contributed by atoms with Crippen molar-refractivity contribution in [1.29, 1.82) is 0 Å². The molecule has 0 saturated heterocycles. The van der Waals surface area contributed by atoms with Crippen molar-refractivity contribution in [3.05, 3.63) is 32.2 Å². The summed E-state index contributed by atoms with van der Waals surface area (Å²) in [6.45, 7) is 0. The summed E-state index contributed by atoms with van der Waals surface area (Å²) in [5, 5.41) is 1.41. The van der Waals surface area contributed by atoms with Crippen LogP contribution in [-0.2, 0) is 0 Å². The number of halogens is 3. The molecule has 0 bridgehead atoms. The summed E-state index contributed by atoms with van der Waals surface area (Å²) < 4.78 is 1.02. The molecule has 0 amide bonds. The third-order valence-electron chi connectivity index (χ3n) is 1.60. The van der Waals surface area contributed by atoms with E-state index in [1.54, 1.807) is 0 Å². The zero-order valence-corrected chi connectivity index (χ0v) is 9.93. The van der Waals surface area contributed by atoms with Crippen LogP contribution >= 0.6 is 45.8 Å². The first-order valence-electron chi connectivity index (χ1n) is 3.46. The highest BCUT2D eigenvalue weighted by molar-refractivity contribution is 14.1. The molecule has 0 atom stereocenters. The Morgan fingerprint density at radius 2 is 1.92 bits per heavy atom. The Bertz CT molecular complexity index is 473. The van der Waals surface area contributed by atoms with Gasteiger partial charge < -0.3 is 0 Å². The van der Waals surface area contributed by atoms with Gasteiger partial charge in [0.15, 0.2) is 0 Å². The fourth-order valence-corrected chi connectivity index (χ4v) is 2.12. The zero-order chi connectivity index (χ0) is 9.42. The van der Waals surface area contributed by atoms with Crippen molar-refractivity contribution < 1.29 is 0 Å². The fourth-order valence-electron chi connectivity index (χ4n) is 1.05. The van der Waals surface area contributed by atoms with Gasteiger partial charge in [-0.2, -0.15) is 0 Å². The molecule has 0 aliphatic carbocycles. The van der Waals surface area contributed by atoms with Crippen LogP contribution in [0.3, 0.4) is 0 Å². The van der Waals surface area contributed by atoms with Crippen molar-refractivity contribution in [2.24, 2.45) is 0 Å². The van der Waals surface area contributed by atoms with Crippen LogP contribution in [-0.4, -0.2) is 9.97 Å². The summed E-state index contributed by atoms with van der Waals surface area (Å²) in [6, 6.07) is 5.73. The molecule has 0 radical (unpaired) electrons. The molecule has 1 heterocycles. The molecule has 2 nitrogen and oxygen atoms in total. The second-order valence-corrected chi connectivity index (χ2v) is 4.28. The van der Waals surface area contributed by atoms with Crippen LogP contribution < -0.4 is 0 Å². The predicted octanol–water partition coefficient (Wildman–Crippen LogP) is 3.54. The lowest BCUT2D eigenvalue weighted by molar-refractivity contribution is 1.22. The summed E-state index contributed by atoms with van der Waals surface area (Å²) in [5.41, 5.74) is 0.799. The summed E-state index contributed by atoms with van der Waals surface area (Å²) >= 11 is 13.8. The third kappa shape index (κ3) is 1.73. The van der Waals surface area contributed by atoms with Crippen LogP contribution in [0, 0.1) is 3.57 Å². The molecule has 66 valence electrons. The van der Waals surface area contributed by atoms with E-state index in [1.165, 1.54) is 0 Å². The summed E-state index contributed by atoms with van der Waals surface area (Å²) in [6.07, 6.45) is 0. The number of rotatable bonds is 0. The van der Waals surface area contributed by atoms with Crippen LogP contribution in [0.2, 0.25) is 10.4 Å². The molecule has 13 heavy (non-hydrogen) atoms. The molecule has 1 aromatic heterocycles. The van der Waals surface area contributed by atoms with Crippen molar-refractivity contribution in [2.45, 2.75) is 0 Å². The second-order valence-electron chi connectivity index (χ2n) is 2.42. The van der Waals surface area contributed by atoms with Gasteiger partial charge >= 0.3 is 0 Å². The number of nitrogens with zero attached hydrogens (tertiary/aromatic N) is 2. The SMILES string of the molecule is Clc1nc(Cl)c2cccc(I)c2n1. The van der Waals surface area contributed by atoms with E-state index in [-0.39, 0.29) is 5.28 Å². The Hall–Kier alpha value is -0.130. The van der Waals surface area contributed by atoms with E-state index in [9.17, 15) is 0 Å². The van der Waals surface area contributed by atoms with Crippen molar-refractivity contribution in [1.82, 2.24) is 9.97 Å². The quantitative estimate of drug-likeness (QED) is 0.421. The Kier molecular flexibility index (Phi) is 2.58. The lowest BCUT2D eigenvalue weighted by atomic mass is 10.2. The van der Waals surface area contributed by atoms with Crippen LogP contribution in [0.25, 0.3) is 10.9 Å². The monoisotopic (exact) mass is 324 g/mol. The molecule has 0 aliphatic rings. The zero-order valence-electron chi connectivity index (χ0n) is 6.26. The maximum absolute atomic E-state index is 5.90. The van der Waals surface area contributed by atoms with Gasteiger partial charge in [-0.25, -0.2) is 9.97 Å². The van der Waals surface area contributed by atoms with E-state index < -0.39 is 0 Å². The highest BCUT2D eigenvalue weighted by atomic mass is 127. The lowest BCUT2D eigenvalue weighted by Gasteiger charge is -2.01. The molecule has 0 fully saturated rings. The van der Waals surface area contributed by atoms with E-state index in [0.29, 0.717) is 5.15 Å². The van der Waals surface area contributed by atoms with E-state index in [4.69, 9.17) is 23.2 Å². The van der Waals surface area contributed by atoms with E-state index in [1.807, 2.05) is 18.2 Å². The van der Waals surface area contributed by atoms with Gasteiger partial charge in [-0.15, -0.1) is 0 Å². The average Bonchev–Trinajstić information content (AvgIpc) is 2.07. The van der Waals surface area contributed by atoms with Gasteiger partial charge in [0.2, 0.25) is 5.28 Å². The van der Waals surface area contributed by atoms with Gasteiger partial charge in [0, 0.05) is 8.96 Å². The Balaban J connectivity index is 2.94. The lowest BCUT2D eigenvalue weighted by Crippen LogP contribution is -1.88. The first-order chi connectivity index (χ1) is 6.18. The minimum Gasteiger partial charge on any atom is -0.217 e. The van der Waals surface area contributed by atoms with Gasteiger partial charge in [-0.05, 0) is 46.3 Å². The summed E-state index contributed by atoms with van der Waals surface area (Å²) in [4.78, 5) is 7.96. The second kappa shape index (κ2) is 3.55. The molecule has 2 rings (SSSR count). The first-order valence-corrected chi connectivity index (χ1v) is 5.29. The van der Waals surface area contributed by atoms with Crippen molar-refractivity contribution >= 4 is 56.7 Å². The Morgan fingerprint density at radius 3 is 2.69 bits per heavy atom. The molecule has 5 heteroatoms. The summed E-state index contributed by atoms with van der Waals surface area (Å²) in [5.74, 6) is 0. The Labute approximate surface area is 98.4 Å². The number of fused-ring (bicyclic) bond motifs is 1. The third-order valence-corrected chi connectivity index (χ3v) is 2.93. The molecule has 0 N–H and O–H groups in total. The number of hydrogen-bond donors (Lipinski definition) is 0. The van der Waals surface area contributed by atoms with E-state index >= 15 is 0 Å². The van der Waals surface area contributed by atoms with Gasteiger partial charge in [0.05, 0.1) is 5.52 Å². The van der Waals surface area contributed by atoms with Crippen LogP contribution in [0.1, 0.15) is 0 Å². The number of aromatic nitrogens is 2. The van der Waals surface area contributed by atoms with Crippen LogP contribution in [0.5, 0.6) is 0 Å². The van der Waals surface area contributed by atoms with Crippen molar-refractivity contribution in [3.8, 4) is 0 Å². The summed E-state index contributed by atoms with van der Waals surface area (Å²) in [7, 11) is 0. The van der Waals surface area contributed by atoms with E-state index in [2.05, 4.69) is 32.6 Å². The van der Waals surface area contributed by atoms with Gasteiger partial charge in [-0.3, -0.25) is 0 Å². The molecule has 0 saturated carbocycles. The topological polar surface area (TPSA) is 25.8 Å². The predicted molar refractivity (Wildman–Crippen MR) is 62.3 cm³/mol. The van der Waals surface area contributed by atoms with Gasteiger partial charge in [0.1, 0.15) is 5.15 Å². The molecule has 1 aromatic carbocycles. The maximum atomic E-state index is 5.90. The normalized spacial score (nSPS) is 10.7. The minimum atomic E-state index is 0.182. The highest BCUT2D eigenvalue weighted by Crippen LogP contribution is 2.25. The van der Waals surface area contributed by atoms with Crippen LogP contribution in [0.15, 0.2) is 18.2 Å². The molecular formula is C8H3Cl2IN2. The van der Waals surface area contributed by atoms with E-state index in [0.717, 1.165) is 14.5 Å². The maximum Gasteiger partial charge on any atom is 0.224 e. The molecular weight excluding hydrogens is 322 g/mol. The Morgan fingerprint density at radius 1 is 1.15 bits per heavy atom. The highest BCUT2D eigenvalue weighted by Gasteiger charge is 2.06. The standard InChI is InChI=1S/C8H3Cl2IN2/c9-7-4-2-1-3-5(11)6(4)12-8(10)13-7/h1-3H. The number of para-hydroxylation sites is 1. The van der Waals surface area contributed by atoms with Crippen molar-refractivity contribution in [3.63, 3.8) is 0 Å². The van der Waals surface area contributed by atoms with Crippen molar-refractivity contribution in [2.75, 3.05) is 0 Å². The minimum absolute atomic E-state index is 0.182. The first kappa shape index (κ1) is 9.43. The van der Waals surface area contributed by atoms with Crippen LogP contribution in [0.4, 0.5) is 0 Å². The largest absolute Gasteiger partial charge is 0.224 e. The molecule has 0 unspecified atom stereocenters. The number of hydrogen-bond acceptors (Lipinski definition) is 2.